The smallest absolute Gasteiger partial charge is 0.0218 e. The molecule has 2 heteroatoms. The van der Waals surface area contributed by atoms with Crippen LogP contribution in [0.5, 0.6) is 0 Å². The maximum absolute atomic E-state index is 5.65. The van der Waals surface area contributed by atoms with Gasteiger partial charge >= 0.3 is 0 Å². The topological polar surface area (TPSA) is 38.0 Å². The predicted molar refractivity (Wildman–Crippen MR) is 66.4 cm³/mol. The molecule has 1 fully saturated rings. The molecule has 0 aromatic heterocycles. The number of rotatable bonds is 4. The van der Waals surface area contributed by atoms with E-state index in [1.165, 1.54) is 44.9 Å². The Morgan fingerprint density at radius 3 is 2.27 bits per heavy atom. The Morgan fingerprint density at radius 1 is 1.20 bits per heavy atom. The molecular weight excluding hydrogens is 184 g/mol. The van der Waals surface area contributed by atoms with E-state index < -0.39 is 0 Å². The molecule has 0 amide bonds. The standard InChI is InChI=1S/C13H28N2/c1-13(2,3)10-12(15-14)9-11-7-5-4-6-8-11/h11-12,15H,4-10,14H2,1-3H3. The molecule has 1 aliphatic carbocycles. The van der Waals surface area contributed by atoms with Gasteiger partial charge in [-0.15, -0.1) is 0 Å². The van der Waals surface area contributed by atoms with E-state index in [4.69, 9.17) is 5.84 Å². The third-order valence-corrected chi connectivity index (χ3v) is 3.44. The third-order valence-electron chi connectivity index (χ3n) is 3.44. The normalized spacial score (nSPS) is 21.6. The Balaban J connectivity index is 2.31. The van der Waals surface area contributed by atoms with E-state index in [0.717, 1.165) is 5.92 Å². The monoisotopic (exact) mass is 212 g/mol. The second kappa shape index (κ2) is 5.86. The van der Waals surface area contributed by atoms with Crippen LogP contribution < -0.4 is 11.3 Å². The molecule has 0 radical (unpaired) electrons. The lowest BCUT2D eigenvalue weighted by Gasteiger charge is -2.30. The summed E-state index contributed by atoms with van der Waals surface area (Å²) in [6.07, 6.45) is 9.59. The van der Waals surface area contributed by atoms with Gasteiger partial charge in [0.2, 0.25) is 0 Å². The maximum Gasteiger partial charge on any atom is 0.0218 e. The highest BCUT2D eigenvalue weighted by Crippen LogP contribution is 2.30. The number of nitrogens with two attached hydrogens (primary N) is 1. The lowest BCUT2D eigenvalue weighted by atomic mass is 9.80. The summed E-state index contributed by atoms with van der Waals surface area (Å²) in [5.74, 6) is 6.57. The summed E-state index contributed by atoms with van der Waals surface area (Å²) >= 11 is 0. The fraction of sp³-hybridized carbons (Fsp3) is 1.00. The van der Waals surface area contributed by atoms with Gasteiger partial charge in [0.1, 0.15) is 0 Å². The van der Waals surface area contributed by atoms with E-state index in [0.29, 0.717) is 11.5 Å². The average Bonchev–Trinajstić information content (AvgIpc) is 2.16. The summed E-state index contributed by atoms with van der Waals surface area (Å²) in [7, 11) is 0. The Hall–Kier alpha value is -0.0800. The number of hydrazine groups is 1. The molecule has 1 saturated carbocycles. The fourth-order valence-electron chi connectivity index (χ4n) is 2.77. The van der Waals surface area contributed by atoms with Crippen molar-refractivity contribution >= 4 is 0 Å². The summed E-state index contributed by atoms with van der Waals surface area (Å²) in [6, 6.07) is 0.507. The zero-order valence-corrected chi connectivity index (χ0v) is 10.7. The maximum atomic E-state index is 5.65. The molecule has 90 valence electrons. The van der Waals surface area contributed by atoms with Crippen LogP contribution in [0.25, 0.3) is 0 Å². The quantitative estimate of drug-likeness (QED) is 0.554. The van der Waals surface area contributed by atoms with Gasteiger partial charge in [0.05, 0.1) is 0 Å². The van der Waals surface area contributed by atoms with Crippen LogP contribution >= 0.6 is 0 Å². The molecule has 15 heavy (non-hydrogen) atoms. The van der Waals surface area contributed by atoms with Crippen LogP contribution in [-0.2, 0) is 0 Å². The Morgan fingerprint density at radius 2 is 1.80 bits per heavy atom. The largest absolute Gasteiger partial charge is 0.271 e. The van der Waals surface area contributed by atoms with Gasteiger partial charge in [0, 0.05) is 6.04 Å². The molecule has 0 bridgehead atoms. The predicted octanol–water partition coefficient (Wildman–Crippen LogP) is 3.22. The number of nitrogens with one attached hydrogen (secondary N) is 1. The summed E-state index contributed by atoms with van der Waals surface area (Å²) in [5, 5.41) is 0. The SMILES string of the molecule is CC(C)(C)CC(CC1CCCCC1)NN. The summed E-state index contributed by atoms with van der Waals surface area (Å²) < 4.78 is 0. The van der Waals surface area contributed by atoms with Crippen molar-refractivity contribution in [1.82, 2.24) is 5.43 Å². The van der Waals surface area contributed by atoms with Gasteiger partial charge < -0.3 is 0 Å². The molecule has 0 spiro atoms. The zero-order valence-electron chi connectivity index (χ0n) is 10.7. The first-order valence-corrected chi connectivity index (χ1v) is 6.47. The van der Waals surface area contributed by atoms with Crippen molar-refractivity contribution in [3.63, 3.8) is 0 Å². The van der Waals surface area contributed by atoms with Crippen LogP contribution in [-0.4, -0.2) is 6.04 Å². The van der Waals surface area contributed by atoms with Crippen LogP contribution in [0.3, 0.4) is 0 Å². The molecule has 2 nitrogen and oxygen atoms in total. The molecule has 1 atom stereocenters. The van der Waals surface area contributed by atoms with Crippen molar-refractivity contribution in [2.75, 3.05) is 0 Å². The van der Waals surface area contributed by atoms with E-state index in [2.05, 4.69) is 26.2 Å². The van der Waals surface area contributed by atoms with E-state index in [1.54, 1.807) is 0 Å². The molecule has 1 rings (SSSR count). The first kappa shape index (κ1) is 13.0. The first-order chi connectivity index (χ1) is 7.01. The number of hydrogen-bond donors (Lipinski definition) is 2. The molecule has 0 aromatic carbocycles. The van der Waals surface area contributed by atoms with Gasteiger partial charge in [-0.05, 0) is 24.2 Å². The minimum absolute atomic E-state index is 0.381. The van der Waals surface area contributed by atoms with Crippen LogP contribution in [0.4, 0.5) is 0 Å². The van der Waals surface area contributed by atoms with Gasteiger partial charge in [0.15, 0.2) is 0 Å². The van der Waals surface area contributed by atoms with E-state index in [1.807, 2.05) is 0 Å². The summed E-state index contributed by atoms with van der Waals surface area (Å²) in [4.78, 5) is 0. The molecule has 0 aliphatic heterocycles. The Bertz CT molecular complexity index is 166. The lowest BCUT2D eigenvalue weighted by Crippen LogP contribution is -2.39. The molecule has 1 aliphatic rings. The summed E-state index contributed by atoms with van der Waals surface area (Å²) in [6.45, 7) is 6.87. The molecule has 3 N–H and O–H groups in total. The summed E-state index contributed by atoms with van der Waals surface area (Å²) in [5.41, 5.74) is 3.39. The molecule has 1 unspecified atom stereocenters. The van der Waals surface area contributed by atoms with Gasteiger partial charge in [-0.2, -0.15) is 0 Å². The van der Waals surface area contributed by atoms with Crippen LogP contribution in [0.15, 0.2) is 0 Å². The third kappa shape index (κ3) is 5.53. The van der Waals surface area contributed by atoms with Crippen LogP contribution in [0, 0.1) is 11.3 Å². The molecular formula is C13H28N2. The lowest BCUT2D eigenvalue weighted by molar-refractivity contribution is 0.244. The van der Waals surface area contributed by atoms with Crippen molar-refractivity contribution in [2.24, 2.45) is 17.2 Å². The zero-order chi connectivity index (χ0) is 11.3. The highest BCUT2D eigenvalue weighted by molar-refractivity contribution is 4.77. The Kier molecular flexibility index (Phi) is 5.07. The van der Waals surface area contributed by atoms with Crippen LogP contribution in [0.2, 0.25) is 0 Å². The van der Waals surface area contributed by atoms with Crippen molar-refractivity contribution < 1.29 is 0 Å². The van der Waals surface area contributed by atoms with E-state index >= 15 is 0 Å². The van der Waals surface area contributed by atoms with Crippen molar-refractivity contribution in [2.45, 2.75) is 71.8 Å². The molecule has 0 heterocycles. The highest BCUT2D eigenvalue weighted by Gasteiger charge is 2.22. The Labute approximate surface area is 95.0 Å². The van der Waals surface area contributed by atoms with E-state index in [-0.39, 0.29) is 0 Å². The number of hydrogen-bond acceptors (Lipinski definition) is 2. The first-order valence-electron chi connectivity index (χ1n) is 6.47. The molecule has 0 aromatic rings. The van der Waals surface area contributed by atoms with Crippen molar-refractivity contribution in [3.8, 4) is 0 Å². The minimum atomic E-state index is 0.381. The van der Waals surface area contributed by atoms with Gasteiger partial charge in [0.25, 0.3) is 0 Å². The second-order valence-corrected chi connectivity index (χ2v) is 6.37. The average molecular weight is 212 g/mol. The van der Waals surface area contributed by atoms with Crippen molar-refractivity contribution in [1.29, 1.82) is 0 Å². The van der Waals surface area contributed by atoms with Gasteiger partial charge in [-0.1, -0.05) is 52.9 Å². The molecule has 0 saturated heterocycles. The van der Waals surface area contributed by atoms with Crippen LogP contribution in [0.1, 0.15) is 65.7 Å². The van der Waals surface area contributed by atoms with Gasteiger partial charge in [-0.3, -0.25) is 11.3 Å². The van der Waals surface area contributed by atoms with Crippen molar-refractivity contribution in [3.05, 3.63) is 0 Å². The second-order valence-electron chi connectivity index (χ2n) is 6.37. The van der Waals surface area contributed by atoms with E-state index in [9.17, 15) is 0 Å². The minimum Gasteiger partial charge on any atom is -0.271 e. The highest BCUT2D eigenvalue weighted by atomic mass is 15.2. The van der Waals surface area contributed by atoms with Gasteiger partial charge in [-0.25, -0.2) is 0 Å². The fourth-order valence-corrected chi connectivity index (χ4v) is 2.77.